The standard InChI is InChI=1S/C12H15Cl2N3OS/c1-7(2)15-12(19)17-16-11(18)5-8-3-4-9(13)6-10(8)14/h3-4,6-7H,5H2,1-2H3,(H,16,18)(H2,15,17,19). The van der Waals surface area contributed by atoms with E-state index in [1.54, 1.807) is 18.2 Å². The van der Waals surface area contributed by atoms with Crippen LogP contribution in [0.25, 0.3) is 0 Å². The second-order valence-electron chi connectivity index (χ2n) is 4.21. The van der Waals surface area contributed by atoms with Crippen LogP contribution in [0.4, 0.5) is 0 Å². The van der Waals surface area contributed by atoms with E-state index in [-0.39, 0.29) is 18.4 Å². The third kappa shape index (κ3) is 6.09. The van der Waals surface area contributed by atoms with Crippen molar-refractivity contribution < 1.29 is 4.79 Å². The highest BCUT2D eigenvalue weighted by molar-refractivity contribution is 7.80. The molecule has 0 radical (unpaired) electrons. The summed E-state index contributed by atoms with van der Waals surface area (Å²) in [6.45, 7) is 3.90. The lowest BCUT2D eigenvalue weighted by molar-refractivity contribution is -0.121. The second-order valence-corrected chi connectivity index (χ2v) is 5.47. The summed E-state index contributed by atoms with van der Waals surface area (Å²) in [7, 11) is 0. The molecule has 7 heteroatoms. The molecule has 0 saturated heterocycles. The quantitative estimate of drug-likeness (QED) is 0.591. The van der Waals surface area contributed by atoms with E-state index in [0.29, 0.717) is 20.7 Å². The number of hydrazine groups is 1. The third-order valence-corrected chi connectivity index (χ3v) is 2.91. The number of hydrogen-bond donors (Lipinski definition) is 3. The van der Waals surface area contributed by atoms with Gasteiger partial charge in [0.15, 0.2) is 5.11 Å². The number of halogens is 2. The van der Waals surface area contributed by atoms with Gasteiger partial charge in [-0.2, -0.15) is 0 Å². The molecular formula is C12H15Cl2N3OS. The van der Waals surface area contributed by atoms with E-state index in [9.17, 15) is 4.79 Å². The normalized spacial score (nSPS) is 10.2. The van der Waals surface area contributed by atoms with Crippen LogP contribution in [-0.2, 0) is 11.2 Å². The van der Waals surface area contributed by atoms with Gasteiger partial charge < -0.3 is 5.32 Å². The summed E-state index contributed by atoms with van der Waals surface area (Å²) in [5.74, 6) is -0.239. The molecule has 1 aromatic carbocycles. The topological polar surface area (TPSA) is 53.2 Å². The van der Waals surface area contributed by atoms with Crippen LogP contribution in [0.5, 0.6) is 0 Å². The molecular weight excluding hydrogens is 305 g/mol. The molecule has 0 bridgehead atoms. The second kappa shape index (κ2) is 7.53. The molecule has 4 nitrogen and oxygen atoms in total. The van der Waals surface area contributed by atoms with Gasteiger partial charge in [0.2, 0.25) is 5.91 Å². The van der Waals surface area contributed by atoms with E-state index in [1.807, 2.05) is 13.8 Å². The number of thiocarbonyl (C=S) groups is 1. The number of rotatable bonds is 3. The number of carbonyl (C=O) groups is 1. The maximum atomic E-state index is 11.7. The van der Waals surface area contributed by atoms with Gasteiger partial charge >= 0.3 is 0 Å². The predicted octanol–water partition coefficient (Wildman–Crippen LogP) is 2.44. The molecule has 0 atom stereocenters. The maximum Gasteiger partial charge on any atom is 0.242 e. The van der Waals surface area contributed by atoms with Gasteiger partial charge in [-0.25, -0.2) is 0 Å². The molecule has 0 aliphatic heterocycles. The van der Waals surface area contributed by atoms with Crippen LogP contribution in [0.3, 0.4) is 0 Å². The van der Waals surface area contributed by atoms with Crippen molar-refractivity contribution in [3.63, 3.8) is 0 Å². The lowest BCUT2D eigenvalue weighted by atomic mass is 10.1. The first-order valence-electron chi connectivity index (χ1n) is 5.67. The van der Waals surface area contributed by atoms with Crippen molar-refractivity contribution >= 4 is 46.4 Å². The van der Waals surface area contributed by atoms with Crippen molar-refractivity contribution in [2.45, 2.75) is 26.3 Å². The van der Waals surface area contributed by atoms with Crippen molar-refractivity contribution in [3.8, 4) is 0 Å². The number of amides is 1. The average Bonchev–Trinajstić information content (AvgIpc) is 2.29. The minimum atomic E-state index is -0.239. The molecule has 1 amide bonds. The maximum absolute atomic E-state index is 11.7. The molecule has 0 aromatic heterocycles. The Morgan fingerprint density at radius 3 is 2.58 bits per heavy atom. The number of benzene rings is 1. The van der Waals surface area contributed by atoms with Crippen molar-refractivity contribution in [2.75, 3.05) is 0 Å². The van der Waals surface area contributed by atoms with Crippen molar-refractivity contribution in [1.29, 1.82) is 0 Å². The van der Waals surface area contributed by atoms with E-state index >= 15 is 0 Å². The molecule has 1 aromatic rings. The van der Waals surface area contributed by atoms with Gasteiger partial charge in [-0.3, -0.25) is 15.6 Å². The Balaban J connectivity index is 2.45. The molecule has 0 aliphatic rings. The zero-order valence-electron chi connectivity index (χ0n) is 10.6. The van der Waals surface area contributed by atoms with Crippen molar-refractivity contribution in [2.24, 2.45) is 0 Å². The average molecular weight is 320 g/mol. The molecule has 19 heavy (non-hydrogen) atoms. The van der Waals surface area contributed by atoms with Crippen LogP contribution in [0.15, 0.2) is 18.2 Å². The predicted molar refractivity (Wildman–Crippen MR) is 82.3 cm³/mol. The van der Waals surface area contributed by atoms with Crippen molar-refractivity contribution in [1.82, 2.24) is 16.2 Å². The molecule has 1 rings (SSSR count). The monoisotopic (exact) mass is 319 g/mol. The van der Waals surface area contributed by atoms with Gasteiger partial charge in [0.1, 0.15) is 0 Å². The lowest BCUT2D eigenvalue weighted by Gasteiger charge is -2.14. The Morgan fingerprint density at radius 1 is 1.32 bits per heavy atom. The molecule has 104 valence electrons. The smallest absolute Gasteiger partial charge is 0.242 e. The van der Waals surface area contributed by atoms with Gasteiger partial charge in [0, 0.05) is 16.1 Å². The fourth-order valence-electron chi connectivity index (χ4n) is 1.31. The largest absolute Gasteiger partial charge is 0.359 e. The summed E-state index contributed by atoms with van der Waals surface area (Å²) < 4.78 is 0. The highest BCUT2D eigenvalue weighted by Crippen LogP contribution is 2.21. The Kier molecular flexibility index (Phi) is 6.34. The fourth-order valence-corrected chi connectivity index (χ4v) is 2.07. The summed E-state index contributed by atoms with van der Waals surface area (Å²) in [5, 5.41) is 4.31. The third-order valence-electron chi connectivity index (χ3n) is 2.10. The summed E-state index contributed by atoms with van der Waals surface area (Å²) in [5.41, 5.74) is 5.81. The van der Waals surface area contributed by atoms with Gasteiger partial charge in [-0.15, -0.1) is 0 Å². The fraction of sp³-hybridized carbons (Fsp3) is 0.333. The minimum Gasteiger partial charge on any atom is -0.359 e. The van der Waals surface area contributed by atoms with Crippen LogP contribution in [-0.4, -0.2) is 17.1 Å². The molecule has 0 spiro atoms. The van der Waals surface area contributed by atoms with E-state index < -0.39 is 0 Å². The first-order valence-corrected chi connectivity index (χ1v) is 6.84. The zero-order valence-corrected chi connectivity index (χ0v) is 12.9. The molecule has 0 heterocycles. The Labute approximate surface area is 127 Å². The lowest BCUT2D eigenvalue weighted by Crippen LogP contribution is -2.48. The number of hydrogen-bond acceptors (Lipinski definition) is 2. The van der Waals surface area contributed by atoms with E-state index in [2.05, 4.69) is 16.2 Å². The number of nitrogens with one attached hydrogen (secondary N) is 3. The van der Waals surface area contributed by atoms with Gasteiger partial charge in [0.25, 0.3) is 0 Å². The van der Waals surface area contributed by atoms with E-state index in [0.717, 1.165) is 0 Å². The Bertz CT molecular complexity index is 480. The molecule has 0 fully saturated rings. The molecule has 0 aliphatic carbocycles. The minimum absolute atomic E-state index is 0.146. The molecule has 3 N–H and O–H groups in total. The SMILES string of the molecule is CC(C)NC(=S)NNC(=O)Cc1ccc(Cl)cc1Cl. The Morgan fingerprint density at radius 2 is 2.00 bits per heavy atom. The molecule has 0 unspecified atom stereocenters. The summed E-state index contributed by atoms with van der Waals surface area (Å²) in [6, 6.07) is 5.20. The zero-order chi connectivity index (χ0) is 14.4. The van der Waals surface area contributed by atoms with Crippen LogP contribution in [0, 0.1) is 0 Å². The highest BCUT2D eigenvalue weighted by atomic mass is 35.5. The summed E-state index contributed by atoms with van der Waals surface area (Å²) >= 11 is 16.7. The summed E-state index contributed by atoms with van der Waals surface area (Å²) in [4.78, 5) is 11.7. The first kappa shape index (κ1) is 16.0. The van der Waals surface area contributed by atoms with Gasteiger partial charge in [-0.05, 0) is 43.8 Å². The highest BCUT2D eigenvalue weighted by Gasteiger charge is 2.08. The molecule has 0 saturated carbocycles. The summed E-state index contributed by atoms with van der Waals surface area (Å²) in [6.07, 6.45) is 0.146. The van der Waals surface area contributed by atoms with E-state index in [4.69, 9.17) is 35.4 Å². The van der Waals surface area contributed by atoms with Gasteiger partial charge in [0.05, 0.1) is 6.42 Å². The van der Waals surface area contributed by atoms with Crippen LogP contribution >= 0.6 is 35.4 Å². The van der Waals surface area contributed by atoms with Crippen molar-refractivity contribution in [3.05, 3.63) is 33.8 Å². The van der Waals surface area contributed by atoms with E-state index in [1.165, 1.54) is 0 Å². The van der Waals surface area contributed by atoms with Crippen LogP contribution in [0.1, 0.15) is 19.4 Å². The van der Waals surface area contributed by atoms with Crippen LogP contribution in [0.2, 0.25) is 10.0 Å². The van der Waals surface area contributed by atoms with Crippen LogP contribution < -0.4 is 16.2 Å². The van der Waals surface area contributed by atoms with Gasteiger partial charge in [-0.1, -0.05) is 29.3 Å². The Hall–Kier alpha value is -1.04. The number of carbonyl (C=O) groups excluding carboxylic acids is 1. The first-order chi connectivity index (χ1) is 8.88.